The van der Waals surface area contributed by atoms with Crippen molar-refractivity contribution in [3.63, 3.8) is 0 Å². The van der Waals surface area contributed by atoms with Crippen molar-refractivity contribution < 1.29 is 9.53 Å². The van der Waals surface area contributed by atoms with Gasteiger partial charge in [-0.25, -0.2) is 4.98 Å². The predicted molar refractivity (Wildman–Crippen MR) is 141 cm³/mol. The first-order chi connectivity index (χ1) is 17.0. The first kappa shape index (κ1) is 23.1. The molecule has 4 aromatic rings. The van der Waals surface area contributed by atoms with Gasteiger partial charge < -0.3 is 14.6 Å². The van der Waals surface area contributed by atoms with Crippen LogP contribution in [0.2, 0.25) is 0 Å². The van der Waals surface area contributed by atoms with Crippen molar-refractivity contribution in [1.82, 2.24) is 14.9 Å². The average molecular weight is 486 g/mol. The minimum Gasteiger partial charge on any atom is -0.489 e. The second kappa shape index (κ2) is 9.88. The van der Waals surface area contributed by atoms with Crippen molar-refractivity contribution in [2.45, 2.75) is 33.3 Å². The first-order valence-corrected chi connectivity index (χ1v) is 12.6. The summed E-state index contributed by atoms with van der Waals surface area (Å²) in [4.78, 5) is 37.6. The molecule has 0 aliphatic carbocycles. The largest absolute Gasteiger partial charge is 0.489 e. The van der Waals surface area contributed by atoms with Crippen LogP contribution < -0.4 is 10.3 Å². The van der Waals surface area contributed by atoms with E-state index in [-0.39, 0.29) is 11.5 Å². The van der Waals surface area contributed by atoms with E-state index >= 15 is 0 Å². The van der Waals surface area contributed by atoms with Crippen LogP contribution in [0.3, 0.4) is 0 Å². The highest BCUT2D eigenvalue weighted by atomic mass is 32.1. The maximum atomic E-state index is 13.5. The third-order valence-corrected chi connectivity index (χ3v) is 7.44. The smallest absolute Gasteiger partial charge is 0.260 e. The number of H-pyrrole nitrogens is 1. The van der Waals surface area contributed by atoms with E-state index in [0.717, 1.165) is 34.4 Å². The molecule has 1 aliphatic rings. The molecule has 0 radical (unpaired) electrons. The predicted octanol–water partition coefficient (Wildman–Crippen LogP) is 5.34. The van der Waals surface area contributed by atoms with E-state index in [1.165, 1.54) is 11.3 Å². The number of aryl methyl sites for hydroxylation is 2. The van der Waals surface area contributed by atoms with Gasteiger partial charge in [0.1, 0.15) is 23.0 Å². The molecule has 0 unspecified atom stereocenters. The lowest BCUT2D eigenvalue weighted by atomic mass is 10.1. The van der Waals surface area contributed by atoms with Crippen LogP contribution in [0.5, 0.6) is 5.75 Å². The van der Waals surface area contributed by atoms with Gasteiger partial charge in [-0.05, 0) is 61.6 Å². The Morgan fingerprint density at radius 3 is 2.66 bits per heavy atom. The van der Waals surface area contributed by atoms with Gasteiger partial charge in [-0.2, -0.15) is 0 Å². The third-order valence-electron chi connectivity index (χ3n) is 6.34. The molecule has 2 aromatic heterocycles. The number of fused-ring (bicyclic) bond motifs is 1. The maximum Gasteiger partial charge on any atom is 0.260 e. The highest BCUT2D eigenvalue weighted by Gasteiger charge is 2.25. The summed E-state index contributed by atoms with van der Waals surface area (Å²) in [5, 5.41) is 0.598. The Bertz CT molecular complexity index is 1460. The Labute approximate surface area is 207 Å². The molecule has 0 atom stereocenters. The highest BCUT2D eigenvalue weighted by molar-refractivity contribution is 7.18. The Kier molecular flexibility index (Phi) is 6.51. The van der Waals surface area contributed by atoms with Crippen LogP contribution in [0.4, 0.5) is 0 Å². The molecular formula is C28H27N3O3S. The minimum absolute atomic E-state index is 0.120. The van der Waals surface area contributed by atoms with Gasteiger partial charge in [-0.15, -0.1) is 11.3 Å². The molecular weight excluding hydrogens is 458 g/mol. The van der Waals surface area contributed by atoms with Crippen molar-refractivity contribution in [2.24, 2.45) is 0 Å². The van der Waals surface area contributed by atoms with Crippen molar-refractivity contribution >= 4 is 39.1 Å². The summed E-state index contributed by atoms with van der Waals surface area (Å²) in [6.45, 7) is 5.78. The molecule has 5 rings (SSSR count). The SMILES string of the molecule is Cc1sc2nc(C(=Cc3cccc(OCc4ccccc4)c3)C(=O)N3CCCC3)[nH]c(=O)c2c1C. The van der Waals surface area contributed by atoms with Crippen LogP contribution >= 0.6 is 11.3 Å². The number of benzene rings is 2. The van der Waals surface area contributed by atoms with Crippen molar-refractivity contribution in [1.29, 1.82) is 0 Å². The molecule has 7 heteroatoms. The zero-order valence-electron chi connectivity index (χ0n) is 19.8. The Morgan fingerprint density at radius 1 is 1.11 bits per heavy atom. The highest BCUT2D eigenvalue weighted by Crippen LogP contribution is 2.28. The van der Waals surface area contributed by atoms with E-state index in [1.54, 1.807) is 6.08 Å². The van der Waals surface area contributed by atoms with E-state index in [9.17, 15) is 9.59 Å². The summed E-state index contributed by atoms with van der Waals surface area (Å²) in [5.74, 6) is 0.888. The molecule has 1 aliphatic heterocycles. The summed E-state index contributed by atoms with van der Waals surface area (Å²) < 4.78 is 5.98. The number of carbonyl (C=O) groups excluding carboxylic acids is 1. The fraction of sp³-hybridized carbons (Fsp3) is 0.250. The number of ether oxygens (including phenoxy) is 1. The molecule has 0 spiro atoms. The number of carbonyl (C=O) groups is 1. The lowest BCUT2D eigenvalue weighted by Gasteiger charge is -2.17. The van der Waals surface area contributed by atoms with Gasteiger partial charge in [0.25, 0.3) is 11.5 Å². The average Bonchev–Trinajstić information content (AvgIpc) is 3.50. The van der Waals surface area contributed by atoms with Gasteiger partial charge in [0.05, 0.1) is 11.0 Å². The summed E-state index contributed by atoms with van der Waals surface area (Å²) in [7, 11) is 0. The molecule has 1 N–H and O–H groups in total. The van der Waals surface area contributed by atoms with Crippen LogP contribution in [-0.4, -0.2) is 33.9 Å². The van der Waals surface area contributed by atoms with Gasteiger partial charge >= 0.3 is 0 Å². The fourth-order valence-electron chi connectivity index (χ4n) is 4.31. The number of amides is 1. The Balaban J connectivity index is 1.53. The number of aromatic amines is 1. The molecule has 1 amide bonds. The molecule has 0 bridgehead atoms. The molecule has 3 heterocycles. The van der Waals surface area contributed by atoms with Crippen molar-refractivity contribution in [3.05, 3.63) is 92.3 Å². The van der Waals surface area contributed by atoms with E-state index in [4.69, 9.17) is 9.72 Å². The van der Waals surface area contributed by atoms with Crippen molar-refractivity contribution in [2.75, 3.05) is 13.1 Å². The number of hydrogen-bond acceptors (Lipinski definition) is 5. The monoisotopic (exact) mass is 485 g/mol. The van der Waals surface area contributed by atoms with Crippen LogP contribution in [0.1, 0.15) is 40.2 Å². The molecule has 2 aromatic carbocycles. The third kappa shape index (κ3) is 4.91. The van der Waals surface area contributed by atoms with Crippen LogP contribution in [-0.2, 0) is 11.4 Å². The van der Waals surface area contributed by atoms with Crippen LogP contribution in [0.15, 0.2) is 59.4 Å². The zero-order chi connectivity index (χ0) is 24.4. The standard InChI is InChI=1S/C28H27N3O3S/c1-18-19(2)35-27-24(18)26(32)29-25(30-27)23(28(33)31-13-6-7-14-31)16-21-11-8-12-22(15-21)34-17-20-9-4-3-5-10-20/h3-5,8-12,15-16H,6-7,13-14,17H2,1-2H3,(H,29,30,32). The summed E-state index contributed by atoms with van der Waals surface area (Å²) >= 11 is 1.48. The number of likely N-dealkylation sites (tertiary alicyclic amines) is 1. The van der Waals surface area contributed by atoms with E-state index in [0.29, 0.717) is 47.1 Å². The fourth-order valence-corrected chi connectivity index (χ4v) is 5.34. The first-order valence-electron chi connectivity index (χ1n) is 11.8. The maximum absolute atomic E-state index is 13.5. The molecule has 178 valence electrons. The number of aromatic nitrogens is 2. The molecule has 1 saturated heterocycles. The normalized spacial score (nSPS) is 14.0. The number of hydrogen-bond donors (Lipinski definition) is 1. The van der Waals surface area contributed by atoms with E-state index in [1.807, 2.05) is 73.3 Å². The number of thiophene rings is 1. The van der Waals surface area contributed by atoms with Gasteiger partial charge in [-0.1, -0.05) is 42.5 Å². The number of nitrogens with zero attached hydrogens (tertiary/aromatic N) is 2. The molecule has 1 fully saturated rings. The van der Waals surface area contributed by atoms with Gasteiger partial charge in [-0.3, -0.25) is 9.59 Å². The minimum atomic E-state index is -0.216. The van der Waals surface area contributed by atoms with Gasteiger partial charge in [0.2, 0.25) is 0 Å². The summed E-state index contributed by atoms with van der Waals surface area (Å²) in [5.41, 5.74) is 2.99. The van der Waals surface area contributed by atoms with Crippen LogP contribution in [0, 0.1) is 13.8 Å². The Hall–Kier alpha value is -3.71. The second-order valence-corrected chi connectivity index (χ2v) is 9.99. The quantitative estimate of drug-likeness (QED) is 0.374. The number of rotatable bonds is 6. The second-order valence-electron chi connectivity index (χ2n) is 8.78. The van der Waals surface area contributed by atoms with Gasteiger partial charge in [0, 0.05) is 18.0 Å². The van der Waals surface area contributed by atoms with Crippen molar-refractivity contribution in [3.8, 4) is 5.75 Å². The molecule has 0 saturated carbocycles. The Morgan fingerprint density at radius 2 is 1.89 bits per heavy atom. The summed E-state index contributed by atoms with van der Waals surface area (Å²) in [6, 6.07) is 17.6. The van der Waals surface area contributed by atoms with E-state index in [2.05, 4.69) is 4.98 Å². The summed E-state index contributed by atoms with van der Waals surface area (Å²) in [6.07, 6.45) is 3.76. The topological polar surface area (TPSA) is 75.3 Å². The van der Waals surface area contributed by atoms with Gasteiger partial charge in [0.15, 0.2) is 0 Å². The zero-order valence-corrected chi connectivity index (χ0v) is 20.7. The lowest BCUT2D eigenvalue weighted by molar-refractivity contribution is -0.123. The van der Waals surface area contributed by atoms with E-state index < -0.39 is 0 Å². The lowest BCUT2D eigenvalue weighted by Crippen LogP contribution is -2.29. The van der Waals surface area contributed by atoms with Crippen LogP contribution in [0.25, 0.3) is 21.9 Å². The number of nitrogens with one attached hydrogen (secondary N) is 1. The molecule has 35 heavy (non-hydrogen) atoms. The molecule has 6 nitrogen and oxygen atoms in total.